The number of hydrogen-bond acceptors (Lipinski definition) is 3. The quantitative estimate of drug-likeness (QED) is 0.819. The molecule has 0 aliphatic carbocycles. The van der Waals surface area contributed by atoms with Gasteiger partial charge in [0.1, 0.15) is 0 Å². The minimum absolute atomic E-state index is 0.0933. The second-order valence-electron chi connectivity index (χ2n) is 5.01. The van der Waals surface area contributed by atoms with Crippen molar-refractivity contribution in [3.8, 4) is 0 Å². The predicted octanol–water partition coefficient (Wildman–Crippen LogP) is 2.27. The lowest BCUT2D eigenvalue weighted by Crippen LogP contribution is -2.21. The second kappa shape index (κ2) is 4.50. The summed E-state index contributed by atoms with van der Waals surface area (Å²) in [4.78, 5) is 16.7. The first-order valence-electron chi connectivity index (χ1n) is 6.35. The number of aromatic nitrogens is 1. The van der Waals surface area contributed by atoms with E-state index in [0.29, 0.717) is 5.92 Å². The minimum Gasteiger partial charge on any atom is -0.316 e. The molecule has 3 nitrogen and oxygen atoms in total. The summed E-state index contributed by atoms with van der Waals surface area (Å²) in [5, 5.41) is 5.32. The Morgan fingerprint density at radius 1 is 1.33 bits per heavy atom. The smallest absolute Gasteiger partial charge is 0.168 e. The zero-order valence-corrected chi connectivity index (χ0v) is 10.4. The van der Waals surface area contributed by atoms with Gasteiger partial charge in [0.25, 0.3) is 0 Å². The molecule has 3 rings (SSSR count). The second-order valence-corrected chi connectivity index (χ2v) is 5.01. The molecule has 0 spiro atoms. The van der Waals surface area contributed by atoms with Crippen molar-refractivity contribution >= 4 is 16.6 Å². The lowest BCUT2D eigenvalue weighted by atomic mass is 9.88. The summed E-state index contributed by atoms with van der Waals surface area (Å²) >= 11 is 0. The molecule has 1 aliphatic heterocycles. The molecule has 0 saturated carbocycles. The van der Waals surface area contributed by atoms with Gasteiger partial charge >= 0.3 is 0 Å². The van der Waals surface area contributed by atoms with E-state index in [9.17, 15) is 4.79 Å². The average Bonchev–Trinajstić information content (AvgIpc) is 2.83. The largest absolute Gasteiger partial charge is 0.316 e. The topological polar surface area (TPSA) is 42.0 Å². The molecule has 0 radical (unpaired) electrons. The number of rotatable bonds is 2. The third kappa shape index (κ3) is 1.81. The van der Waals surface area contributed by atoms with Crippen LogP contribution in [0.3, 0.4) is 0 Å². The number of pyridine rings is 1. The van der Waals surface area contributed by atoms with Crippen molar-refractivity contribution in [2.45, 2.75) is 6.92 Å². The zero-order chi connectivity index (χ0) is 12.5. The van der Waals surface area contributed by atoms with Gasteiger partial charge in [-0.2, -0.15) is 0 Å². The Kier molecular flexibility index (Phi) is 2.84. The van der Waals surface area contributed by atoms with Crippen LogP contribution in [-0.2, 0) is 0 Å². The number of nitrogens with one attached hydrogen (secondary N) is 1. The highest BCUT2D eigenvalue weighted by molar-refractivity contribution is 6.09. The molecule has 1 aromatic carbocycles. The molecule has 18 heavy (non-hydrogen) atoms. The molecule has 1 fully saturated rings. The van der Waals surface area contributed by atoms with E-state index in [4.69, 9.17) is 0 Å². The van der Waals surface area contributed by atoms with Crippen LogP contribution in [0.2, 0.25) is 0 Å². The SMILES string of the molecule is CC1CNCC1C(=O)c1cccc2ccncc12. The number of fused-ring (bicyclic) bond motifs is 1. The Balaban J connectivity index is 2.06. The van der Waals surface area contributed by atoms with Crippen LogP contribution in [0.25, 0.3) is 10.8 Å². The molecule has 2 unspecified atom stereocenters. The van der Waals surface area contributed by atoms with Crippen molar-refractivity contribution in [1.29, 1.82) is 0 Å². The molecule has 1 N–H and O–H groups in total. The van der Waals surface area contributed by atoms with Crippen molar-refractivity contribution in [2.75, 3.05) is 13.1 Å². The van der Waals surface area contributed by atoms with E-state index in [1.54, 1.807) is 12.4 Å². The van der Waals surface area contributed by atoms with Gasteiger partial charge in [-0.25, -0.2) is 0 Å². The van der Waals surface area contributed by atoms with Crippen LogP contribution in [0.4, 0.5) is 0 Å². The highest BCUT2D eigenvalue weighted by atomic mass is 16.1. The summed E-state index contributed by atoms with van der Waals surface area (Å²) in [5.74, 6) is 0.742. The number of carbonyl (C=O) groups is 1. The van der Waals surface area contributed by atoms with E-state index in [0.717, 1.165) is 29.4 Å². The molecular weight excluding hydrogens is 224 g/mol. The van der Waals surface area contributed by atoms with E-state index in [1.165, 1.54) is 0 Å². The summed E-state index contributed by atoms with van der Waals surface area (Å²) in [5.41, 5.74) is 0.807. The number of nitrogens with zero attached hydrogens (tertiary/aromatic N) is 1. The third-order valence-corrected chi connectivity index (χ3v) is 3.80. The van der Waals surface area contributed by atoms with Gasteiger partial charge in [0.05, 0.1) is 0 Å². The van der Waals surface area contributed by atoms with Crippen LogP contribution < -0.4 is 5.32 Å². The standard InChI is InChI=1S/C15H16N2O/c1-10-7-17-8-13(10)15(18)12-4-2-3-11-5-6-16-9-14(11)12/h2-6,9-10,13,17H,7-8H2,1H3. The highest BCUT2D eigenvalue weighted by Crippen LogP contribution is 2.25. The van der Waals surface area contributed by atoms with Crippen molar-refractivity contribution in [3.63, 3.8) is 0 Å². The molecule has 92 valence electrons. The number of ketones is 1. The van der Waals surface area contributed by atoms with E-state index in [2.05, 4.69) is 17.2 Å². The number of Topliss-reactive ketones (excluding diaryl/α,β-unsaturated/α-hetero) is 1. The van der Waals surface area contributed by atoms with Gasteiger partial charge < -0.3 is 5.32 Å². The van der Waals surface area contributed by atoms with Crippen LogP contribution in [0.15, 0.2) is 36.7 Å². The maximum Gasteiger partial charge on any atom is 0.168 e. The van der Waals surface area contributed by atoms with Gasteiger partial charge in [-0.1, -0.05) is 25.1 Å². The summed E-state index contributed by atoms with van der Waals surface area (Å²) in [6.45, 7) is 3.85. The van der Waals surface area contributed by atoms with Crippen molar-refractivity contribution < 1.29 is 4.79 Å². The normalized spacial score (nSPS) is 23.4. The van der Waals surface area contributed by atoms with Gasteiger partial charge in [-0.3, -0.25) is 9.78 Å². The Bertz CT molecular complexity index is 589. The molecule has 2 heterocycles. The molecule has 0 bridgehead atoms. The molecule has 1 aliphatic rings. The maximum atomic E-state index is 12.6. The van der Waals surface area contributed by atoms with Gasteiger partial charge in [-0.15, -0.1) is 0 Å². The van der Waals surface area contributed by atoms with Crippen molar-refractivity contribution in [2.24, 2.45) is 11.8 Å². The summed E-state index contributed by atoms with van der Waals surface area (Å²) in [7, 11) is 0. The lowest BCUT2D eigenvalue weighted by Gasteiger charge is -2.14. The first-order chi connectivity index (χ1) is 8.77. The zero-order valence-electron chi connectivity index (χ0n) is 10.4. The lowest BCUT2D eigenvalue weighted by molar-refractivity contribution is 0.0909. The molecule has 1 saturated heterocycles. The molecular formula is C15H16N2O. The van der Waals surface area contributed by atoms with E-state index >= 15 is 0 Å². The number of benzene rings is 1. The Hall–Kier alpha value is -1.74. The van der Waals surface area contributed by atoms with Crippen molar-refractivity contribution in [1.82, 2.24) is 10.3 Å². The summed E-state index contributed by atoms with van der Waals surface area (Å²) in [6.07, 6.45) is 3.55. The Morgan fingerprint density at radius 2 is 2.22 bits per heavy atom. The van der Waals surface area contributed by atoms with Crippen LogP contribution >= 0.6 is 0 Å². The van der Waals surface area contributed by atoms with Crippen LogP contribution in [0.1, 0.15) is 17.3 Å². The monoisotopic (exact) mass is 240 g/mol. The molecule has 1 aromatic heterocycles. The van der Waals surface area contributed by atoms with Gasteiger partial charge in [-0.05, 0) is 23.9 Å². The van der Waals surface area contributed by atoms with E-state index in [1.807, 2.05) is 24.3 Å². The Morgan fingerprint density at radius 3 is 3.00 bits per heavy atom. The van der Waals surface area contributed by atoms with Crippen LogP contribution in [0, 0.1) is 11.8 Å². The van der Waals surface area contributed by atoms with Gasteiger partial charge in [0.15, 0.2) is 5.78 Å². The average molecular weight is 240 g/mol. The predicted molar refractivity (Wildman–Crippen MR) is 71.6 cm³/mol. The fourth-order valence-corrected chi connectivity index (χ4v) is 2.69. The summed E-state index contributed by atoms with van der Waals surface area (Å²) in [6, 6.07) is 7.83. The van der Waals surface area contributed by atoms with Crippen LogP contribution in [0.5, 0.6) is 0 Å². The fraction of sp³-hybridized carbons (Fsp3) is 0.333. The van der Waals surface area contributed by atoms with Crippen LogP contribution in [-0.4, -0.2) is 23.9 Å². The van der Waals surface area contributed by atoms with Crippen molar-refractivity contribution in [3.05, 3.63) is 42.2 Å². The van der Waals surface area contributed by atoms with Gasteiger partial charge in [0, 0.05) is 35.8 Å². The van der Waals surface area contributed by atoms with E-state index in [-0.39, 0.29) is 11.7 Å². The Labute approximate surface area is 106 Å². The first-order valence-corrected chi connectivity index (χ1v) is 6.35. The summed E-state index contributed by atoms with van der Waals surface area (Å²) < 4.78 is 0. The minimum atomic E-state index is 0.0933. The maximum absolute atomic E-state index is 12.6. The third-order valence-electron chi connectivity index (χ3n) is 3.80. The van der Waals surface area contributed by atoms with E-state index < -0.39 is 0 Å². The highest BCUT2D eigenvalue weighted by Gasteiger charge is 2.30. The molecule has 3 heteroatoms. The number of carbonyl (C=O) groups excluding carboxylic acids is 1. The molecule has 2 aromatic rings. The molecule has 2 atom stereocenters. The molecule has 0 amide bonds. The number of hydrogen-bond donors (Lipinski definition) is 1. The first kappa shape index (κ1) is 11.4. The van der Waals surface area contributed by atoms with Gasteiger partial charge in [0.2, 0.25) is 0 Å². The fourth-order valence-electron chi connectivity index (χ4n) is 2.69.